The summed E-state index contributed by atoms with van der Waals surface area (Å²) in [5.74, 6) is -0.164. The second-order valence-corrected chi connectivity index (χ2v) is 7.83. The highest BCUT2D eigenvalue weighted by Gasteiger charge is 2.29. The second kappa shape index (κ2) is 18.0. The summed E-state index contributed by atoms with van der Waals surface area (Å²) in [5, 5.41) is 27.4. The predicted octanol–water partition coefficient (Wildman–Crippen LogP) is 4.95. The normalized spacial score (nSPS) is 11.8. The Morgan fingerprint density at radius 3 is 1.63 bits per heavy atom. The van der Waals surface area contributed by atoms with Crippen LogP contribution in [0.15, 0.2) is 0 Å². The van der Waals surface area contributed by atoms with Gasteiger partial charge in [0.15, 0.2) is 0 Å². The molecule has 1 unspecified atom stereocenters. The van der Waals surface area contributed by atoms with Crippen molar-refractivity contribution in [1.82, 2.24) is 9.80 Å². The van der Waals surface area contributed by atoms with Crippen LogP contribution in [0.5, 0.6) is 0 Å². The highest BCUT2D eigenvalue weighted by atomic mass is 16.4. The van der Waals surface area contributed by atoms with Crippen LogP contribution in [0, 0.1) is 0 Å². The molecule has 30 heavy (non-hydrogen) atoms. The van der Waals surface area contributed by atoms with Crippen molar-refractivity contribution in [3.8, 4) is 0 Å². The van der Waals surface area contributed by atoms with Crippen LogP contribution in [0.25, 0.3) is 0 Å². The lowest BCUT2D eigenvalue weighted by molar-refractivity contribution is -0.134. The maximum atomic E-state index is 12.6. The Balaban J connectivity index is 4.28. The molecule has 0 spiro atoms. The van der Waals surface area contributed by atoms with Gasteiger partial charge >= 0.3 is 12.2 Å². The second-order valence-electron chi connectivity index (χ2n) is 7.83. The van der Waals surface area contributed by atoms with Crippen LogP contribution in [0.3, 0.4) is 0 Å². The molecule has 0 radical (unpaired) electrons. The van der Waals surface area contributed by atoms with Crippen molar-refractivity contribution in [1.29, 1.82) is 0 Å². The summed E-state index contributed by atoms with van der Waals surface area (Å²) < 4.78 is 0. The van der Waals surface area contributed by atoms with E-state index in [0.29, 0.717) is 12.8 Å². The Kier molecular flexibility index (Phi) is 16.9. The number of amides is 3. The fraction of sp³-hybridized carbons (Fsp3) is 0.864. The molecular weight excluding hydrogens is 388 g/mol. The zero-order valence-corrected chi connectivity index (χ0v) is 18.9. The summed E-state index contributed by atoms with van der Waals surface area (Å²) >= 11 is 0. The number of hydrogen-bond donors (Lipinski definition) is 3. The zero-order chi connectivity index (χ0) is 22.8. The van der Waals surface area contributed by atoms with Gasteiger partial charge in [-0.05, 0) is 12.8 Å². The van der Waals surface area contributed by atoms with Crippen molar-refractivity contribution in [2.75, 3.05) is 19.7 Å². The fourth-order valence-corrected chi connectivity index (χ4v) is 3.60. The Hall–Kier alpha value is -1.83. The van der Waals surface area contributed by atoms with Gasteiger partial charge in [-0.2, -0.15) is 0 Å². The van der Waals surface area contributed by atoms with E-state index in [1.165, 1.54) is 56.3 Å². The Morgan fingerprint density at radius 2 is 1.23 bits per heavy atom. The van der Waals surface area contributed by atoms with E-state index in [9.17, 15) is 19.5 Å². The molecule has 8 nitrogen and oxygen atoms in total. The van der Waals surface area contributed by atoms with Crippen LogP contribution in [0.2, 0.25) is 0 Å². The van der Waals surface area contributed by atoms with Crippen molar-refractivity contribution < 1.29 is 29.7 Å². The lowest BCUT2D eigenvalue weighted by Gasteiger charge is -2.32. The number of carbonyl (C=O) groups excluding carboxylic acids is 1. The van der Waals surface area contributed by atoms with Crippen molar-refractivity contribution in [3.05, 3.63) is 0 Å². The van der Waals surface area contributed by atoms with Crippen LogP contribution < -0.4 is 0 Å². The van der Waals surface area contributed by atoms with Gasteiger partial charge in [0.25, 0.3) is 0 Å². The first-order chi connectivity index (χ1) is 14.4. The minimum atomic E-state index is -1.57. The van der Waals surface area contributed by atoms with Crippen LogP contribution >= 0.6 is 0 Å². The van der Waals surface area contributed by atoms with Crippen LogP contribution in [0.1, 0.15) is 97.3 Å². The number of aliphatic hydroxyl groups is 1. The van der Waals surface area contributed by atoms with E-state index in [0.717, 1.165) is 19.3 Å². The van der Waals surface area contributed by atoms with Crippen molar-refractivity contribution in [2.45, 2.75) is 103 Å². The molecule has 1 atom stereocenters. The Bertz CT molecular complexity index is 472. The molecule has 0 fully saturated rings. The third-order valence-corrected chi connectivity index (χ3v) is 5.42. The third-order valence-electron chi connectivity index (χ3n) is 5.42. The van der Waals surface area contributed by atoms with E-state index >= 15 is 0 Å². The highest BCUT2D eigenvalue weighted by molar-refractivity contribution is 5.85. The zero-order valence-electron chi connectivity index (χ0n) is 18.9. The number of carbonyl (C=O) groups is 3. The van der Waals surface area contributed by atoms with Gasteiger partial charge in [0.1, 0.15) is 0 Å². The molecule has 0 aliphatic rings. The van der Waals surface area contributed by atoms with Crippen molar-refractivity contribution in [2.24, 2.45) is 0 Å². The van der Waals surface area contributed by atoms with Crippen LogP contribution in [-0.4, -0.2) is 69.0 Å². The molecule has 0 saturated heterocycles. The number of imide groups is 1. The number of aliphatic hydroxyl groups excluding tert-OH is 1. The predicted molar refractivity (Wildman–Crippen MR) is 117 cm³/mol. The molecule has 0 saturated carbocycles. The summed E-state index contributed by atoms with van der Waals surface area (Å²) in [6.07, 6.45) is 10.6. The Labute approximate surface area is 181 Å². The average molecular weight is 431 g/mol. The number of unbranched alkanes of at least 4 members (excludes halogenated alkanes) is 10. The van der Waals surface area contributed by atoms with Gasteiger partial charge in [-0.15, -0.1) is 0 Å². The topological polar surface area (TPSA) is 118 Å². The van der Waals surface area contributed by atoms with Crippen molar-refractivity contribution >= 4 is 18.1 Å². The Morgan fingerprint density at radius 1 is 0.767 bits per heavy atom. The van der Waals surface area contributed by atoms with Crippen molar-refractivity contribution in [3.63, 3.8) is 0 Å². The van der Waals surface area contributed by atoms with E-state index in [1.54, 1.807) is 6.92 Å². The summed E-state index contributed by atoms with van der Waals surface area (Å²) in [4.78, 5) is 36.6. The molecule has 0 rings (SSSR count). The smallest absolute Gasteiger partial charge is 0.416 e. The maximum absolute atomic E-state index is 12.6. The molecule has 0 aliphatic carbocycles. The summed E-state index contributed by atoms with van der Waals surface area (Å²) in [7, 11) is 0. The van der Waals surface area contributed by atoms with Gasteiger partial charge in [0, 0.05) is 19.0 Å². The van der Waals surface area contributed by atoms with E-state index in [1.807, 2.05) is 0 Å². The SMILES string of the molecule is CCCCCCCCCCCCCC(=O)N(CCO)C(CC)CN(C(=O)O)C(=O)O. The molecule has 0 aromatic rings. The van der Waals surface area contributed by atoms with E-state index in [-0.39, 0.29) is 30.5 Å². The summed E-state index contributed by atoms with van der Waals surface area (Å²) in [6.45, 7) is 3.50. The molecule has 0 aromatic carbocycles. The molecule has 8 heteroatoms. The summed E-state index contributed by atoms with van der Waals surface area (Å²) in [6, 6.07) is -0.579. The van der Waals surface area contributed by atoms with Crippen LogP contribution in [0.4, 0.5) is 9.59 Å². The highest BCUT2D eigenvalue weighted by Crippen LogP contribution is 2.14. The minimum absolute atomic E-state index is 0.0719. The number of nitrogens with zero attached hydrogens (tertiary/aromatic N) is 2. The molecule has 176 valence electrons. The quantitative estimate of drug-likeness (QED) is 0.265. The minimum Gasteiger partial charge on any atom is -0.465 e. The van der Waals surface area contributed by atoms with Gasteiger partial charge in [-0.25, -0.2) is 14.5 Å². The van der Waals surface area contributed by atoms with Gasteiger partial charge < -0.3 is 20.2 Å². The van der Waals surface area contributed by atoms with Crippen LogP contribution in [-0.2, 0) is 4.79 Å². The first-order valence-corrected chi connectivity index (χ1v) is 11.5. The molecule has 0 aliphatic heterocycles. The molecule has 3 amide bonds. The molecule has 0 aromatic heterocycles. The van der Waals surface area contributed by atoms with Gasteiger partial charge in [-0.3, -0.25) is 4.79 Å². The molecule has 3 N–H and O–H groups in total. The standard InChI is InChI=1S/C22H42N2O6/c1-3-5-6-7-8-9-10-11-12-13-14-15-20(26)23(16-17-25)19(4-2)18-24(21(27)28)22(29)30/h19,25H,3-18H2,1-2H3,(H,27,28)(H,29,30). The number of carboxylic acid groups (broad SMARTS) is 2. The first kappa shape index (κ1) is 28.2. The lowest BCUT2D eigenvalue weighted by atomic mass is 10.0. The monoisotopic (exact) mass is 430 g/mol. The summed E-state index contributed by atoms with van der Waals surface area (Å²) in [5.41, 5.74) is 0. The van der Waals surface area contributed by atoms with Gasteiger partial charge in [0.05, 0.1) is 13.2 Å². The lowest BCUT2D eigenvalue weighted by Crippen LogP contribution is -2.50. The number of rotatable bonds is 18. The van der Waals surface area contributed by atoms with E-state index < -0.39 is 18.2 Å². The van der Waals surface area contributed by atoms with E-state index in [2.05, 4.69) is 6.92 Å². The largest absolute Gasteiger partial charge is 0.465 e. The molecular formula is C22H42N2O6. The third kappa shape index (κ3) is 12.7. The fourth-order valence-electron chi connectivity index (χ4n) is 3.60. The average Bonchev–Trinajstić information content (AvgIpc) is 2.70. The first-order valence-electron chi connectivity index (χ1n) is 11.5. The van der Waals surface area contributed by atoms with Gasteiger partial charge in [0.2, 0.25) is 5.91 Å². The van der Waals surface area contributed by atoms with Gasteiger partial charge in [-0.1, -0.05) is 78.1 Å². The molecule has 0 bridgehead atoms. The number of hydrogen-bond acceptors (Lipinski definition) is 4. The molecule has 0 heterocycles. The maximum Gasteiger partial charge on any atom is 0.416 e. The van der Waals surface area contributed by atoms with E-state index in [4.69, 9.17) is 10.2 Å².